The summed E-state index contributed by atoms with van der Waals surface area (Å²) >= 11 is 0. The molecular weight excluding hydrogens is 350 g/mol. The summed E-state index contributed by atoms with van der Waals surface area (Å²) in [5, 5.41) is 2.80. The van der Waals surface area contributed by atoms with E-state index < -0.39 is 14.4 Å². The van der Waals surface area contributed by atoms with Crippen molar-refractivity contribution in [2.24, 2.45) is 0 Å². The van der Waals surface area contributed by atoms with E-state index in [9.17, 15) is 4.79 Å². The summed E-state index contributed by atoms with van der Waals surface area (Å²) < 4.78 is 21.5. The molecular formula is C19H41NO5Si. The minimum atomic E-state index is -2.37. The number of ether oxygens (including phenoxy) is 1. The molecule has 0 aromatic carbocycles. The van der Waals surface area contributed by atoms with Crippen molar-refractivity contribution >= 4 is 14.9 Å². The van der Waals surface area contributed by atoms with Gasteiger partial charge in [-0.2, -0.15) is 0 Å². The number of amides is 1. The third kappa shape index (κ3) is 13.6. The van der Waals surface area contributed by atoms with Gasteiger partial charge in [0.2, 0.25) is 0 Å². The van der Waals surface area contributed by atoms with Crippen molar-refractivity contribution in [2.75, 3.05) is 27.9 Å². The lowest BCUT2D eigenvalue weighted by atomic mass is 10.1. The lowest BCUT2D eigenvalue weighted by Crippen LogP contribution is -2.42. The lowest BCUT2D eigenvalue weighted by molar-refractivity contribution is 0.0527. The summed E-state index contributed by atoms with van der Waals surface area (Å²) in [5.41, 5.74) is -0.426. The molecule has 1 amide bonds. The van der Waals surface area contributed by atoms with Crippen molar-refractivity contribution < 1.29 is 22.8 Å². The molecule has 0 atom stereocenters. The van der Waals surface area contributed by atoms with Gasteiger partial charge < -0.3 is 23.3 Å². The third-order valence-electron chi connectivity index (χ3n) is 4.26. The van der Waals surface area contributed by atoms with Gasteiger partial charge in [-0.3, -0.25) is 0 Å². The zero-order chi connectivity index (χ0) is 19.9. The van der Waals surface area contributed by atoms with E-state index in [1.54, 1.807) is 21.3 Å². The van der Waals surface area contributed by atoms with Crippen LogP contribution in [0.1, 0.15) is 78.6 Å². The Balaban J connectivity index is 3.41. The molecule has 7 heteroatoms. The fraction of sp³-hybridized carbons (Fsp3) is 0.947. The van der Waals surface area contributed by atoms with Crippen LogP contribution in [0.5, 0.6) is 0 Å². The van der Waals surface area contributed by atoms with E-state index in [2.05, 4.69) is 5.32 Å². The molecule has 0 unspecified atom stereocenters. The van der Waals surface area contributed by atoms with Gasteiger partial charge in [0.05, 0.1) is 0 Å². The van der Waals surface area contributed by atoms with Gasteiger partial charge in [-0.25, -0.2) is 4.79 Å². The predicted octanol–water partition coefficient (Wildman–Crippen LogP) is 4.90. The van der Waals surface area contributed by atoms with Gasteiger partial charge in [0.25, 0.3) is 0 Å². The van der Waals surface area contributed by atoms with Crippen molar-refractivity contribution in [3.05, 3.63) is 0 Å². The molecule has 26 heavy (non-hydrogen) atoms. The van der Waals surface area contributed by atoms with Crippen LogP contribution in [0.4, 0.5) is 4.79 Å². The van der Waals surface area contributed by atoms with E-state index in [4.69, 9.17) is 18.0 Å². The molecule has 0 aromatic rings. The van der Waals surface area contributed by atoms with Gasteiger partial charge in [0.15, 0.2) is 0 Å². The molecule has 0 bridgehead atoms. The van der Waals surface area contributed by atoms with E-state index in [-0.39, 0.29) is 6.09 Å². The minimum absolute atomic E-state index is 0.319. The van der Waals surface area contributed by atoms with Crippen LogP contribution < -0.4 is 5.32 Å². The molecule has 0 rings (SSSR count). The highest BCUT2D eigenvalue weighted by Gasteiger charge is 2.36. The van der Waals surface area contributed by atoms with Gasteiger partial charge >= 0.3 is 14.9 Å². The minimum Gasteiger partial charge on any atom is -0.444 e. The van der Waals surface area contributed by atoms with Gasteiger partial charge in [0, 0.05) is 33.9 Å². The molecule has 0 aliphatic carbocycles. The molecule has 156 valence electrons. The van der Waals surface area contributed by atoms with Crippen LogP contribution in [-0.4, -0.2) is 48.4 Å². The summed E-state index contributed by atoms with van der Waals surface area (Å²) in [5.74, 6) is 0. The molecule has 0 aromatic heterocycles. The van der Waals surface area contributed by atoms with Crippen LogP contribution in [0.25, 0.3) is 0 Å². The maximum atomic E-state index is 11.5. The van der Waals surface area contributed by atoms with Gasteiger partial charge in [-0.15, -0.1) is 0 Å². The Bertz CT molecular complexity index is 348. The van der Waals surface area contributed by atoms with Crippen LogP contribution in [0.3, 0.4) is 0 Å². The highest BCUT2D eigenvalue weighted by molar-refractivity contribution is 6.60. The predicted molar refractivity (Wildman–Crippen MR) is 107 cm³/mol. The van der Waals surface area contributed by atoms with Gasteiger partial charge in [-0.1, -0.05) is 44.9 Å². The highest BCUT2D eigenvalue weighted by Crippen LogP contribution is 2.18. The SMILES string of the molecule is CO[Si](CCCCCCCCCCCNC(=O)OC(C)(C)C)(OC)OC. The van der Waals surface area contributed by atoms with Crippen LogP contribution in [0.15, 0.2) is 0 Å². The highest BCUT2D eigenvalue weighted by atomic mass is 28.4. The standard InChI is InChI=1S/C19H41NO5Si/c1-19(2,3)25-18(21)20-16-14-12-10-8-7-9-11-13-15-17-26(22-4,23-5)24-6/h7-17H2,1-6H3,(H,20,21). The van der Waals surface area contributed by atoms with Crippen LogP contribution in [0.2, 0.25) is 6.04 Å². The Hall–Kier alpha value is -0.633. The number of carbonyl (C=O) groups excluding carboxylic acids is 1. The molecule has 0 saturated carbocycles. The fourth-order valence-electron chi connectivity index (χ4n) is 2.76. The first-order chi connectivity index (χ1) is 12.3. The molecule has 0 radical (unpaired) electrons. The van der Waals surface area contributed by atoms with E-state index >= 15 is 0 Å². The summed E-state index contributed by atoms with van der Waals surface area (Å²) in [6.45, 7) is 6.31. The van der Waals surface area contributed by atoms with Crippen LogP contribution in [0, 0.1) is 0 Å². The Morgan fingerprint density at radius 3 is 1.62 bits per heavy atom. The third-order valence-corrected chi connectivity index (χ3v) is 7.09. The first-order valence-corrected chi connectivity index (χ1v) is 11.8. The molecule has 0 spiro atoms. The Kier molecular flexibility index (Phi) is 14.1. The normalized spacial score (nSPS) is 12.2. The van der Waals surface area contributed by atoms with E-state index in [1.807, 2.05) is 20.8 Å². The van der Waals surface area contributed by atoms with Gasteiger partial charge in [-0.05, 0) is 33.6 Å². The first kappa shape index (κ1) is 25.4. The molecule has 0 saturated heterocycles. The van der Waals surface area contributed by atoms with Crippen molar-refractivity contribution in [2.45, 2.75) is 90.2 Å². The van der Waals surface area contributed by atoms with Crippen molar-refractivity contribution in [1.82, 2.24) is 5.32 Å². The summed E-state index contributed by atoms with van der Waals surface area (Å²) in [7, 11) is 2.63. The Morgan fingerprint density at radius 2 is 1.19 bits per heavy atom. The van der Waals surface area contributed by atoms with Crippen molar-refractivity contribution in [1.29, 1.82) is 0 Å². The monoisotopic (exact) mass is 391 g/mol. The molecule has 6 nitrogen and oxygen atoms in total. The smallest absolute Gasteiger partial charge is 0.444 e. The van der Waals surface area contributed by atoms with Crippen LogP contribution in [-0.2, 0) is 18.0 Å². The number of hydrogen-bond donors (Lipinski definition) is 1. The number of alkyl carbamates (subject to hydrolysis) is 1. The van der Waals surface area contributed by atoms with E-state index in [0.29, 0.717) is 6.54 Å². The van der Waals surface area contributed by atoms with E-state index in [1.165, 1.54) is 38.5 Å². The average Bonchev–Trinajstić information content (AvgIpc) is 2.58. The fourth-order valence-corrected chi connectivity index (χ4v) is 4.56. The van der Waals surface area contributed by atoms with Crippen molar-refractivity contribution in [3.63, 3.8) is 0 Å². The van der Waals surface area contributed by atoms with Crippen LogP contribution >= 0.6 is 0 Å². The zero-order valence-corrected chi connectivity index (χ0v) is 18.8. The number of carbonyl (C=O) groups is 1. The summed E-state index contributed by atoms with van der Waals surface area (Å²) in [6, 6.07) is 0.890. The topological polar surface area (TPSA) is 66.0 Å². The largest absolute Gasteiger partial charge is 0.500 e. The maximum absolute atomic E-state index is 11.5. The second-order valence-electron chi connectivity index (χ2n) is 7.66. The first-order valence-electron chi connectivity index (χ1n) is 9.91. The molecule has 0 aliphatic heterocycles. The number of rotatable bonds is 15. The number of nitrogens with one attached hydrogen (secondary N) is 1. The number of hydrogen-bond acceptors (Lipinski definition) is 5. The molecule has 1 N–H and O–H groups in total. The zero-order valence-electron chi connectivity index (χ0n) is 17.8. The molecule has 0 aliphatic rings. The second kappa shape index (κ2) is 14.4. The number of unbranched alkanes of at least 4 members (excludes halogenated alkanes) is 8. The summed E-state index contributed by atoms with van der Waals surface area (Å²) in [4.78, 5) is 11.5. The van der Waals surface area contributed by atoms with Gasteiger partial charge in [0.1, 0.15) is 5.60 Å². The molecule has 0 heterocycles. The Labute approximate surface area is 161 Å². The summed E-state index contributed by atoms with van der Waals surface area (Å²) in [6.07, 6.45) is 10.4. The quantitative estimate of drug-likeness (QED) is 0.318. The van der Waals surface area contributed by atoms with Crippen molar-refractivity contribution in [3.8, 4) is 0 Å². The lowest BCUT2D eigenvalue weighted by Gasteiger charge is -2.24. The molecule has 0 fully saturated rings. The Morgan fingerprint density at radius 1 is 0.769 bits per heavy atom. The maximum Gasteiger partial charge on any atom is 0.500 e. The second-order valence-corrected chi connectivity index (χ2v) is 10.7. The van der Waals surface area contributed by atoms with E-state index in [0.717, 1.165) is 25.3 Å². The average molecular weight is 392 g/mol.